The van der Waals surface area contributed by atoms with Crippen molar-refractivity contribution in [1.82, 2.24) is 0 Å². The van der Waals surface area contributed by atoms with Crippen molar-refractivity contribution in [2.45, 2.75) is 85.3 Å². The highest BCUT2D eigenvalue weighted by Crippen LogP contribution is 2.45. The first-order chi connectivity index (χ1) is 14.9. The van der Waals surface area contributed by atoms with Gasteiger partial charge in [0.25, 0.3) is 0 Å². The predicted molar refractivity (Wildman–Crippen MR) is 128 cm³/mol. The molecule has 0 saturated carbocycles. The Morgan fingerprint density at radius 1 is 1.12 bits per heavy atom. The molecule has 3 rings (SSSR count). The SMILES string of the molecule is CC(C)OC1c2cc(NCc3ccccc3)ccc2OC(C)(C)C1OC(=O)CC(C)(C)C. The minimum atomic E-state index is -0.723. The monoisotopic (exact) mass is 439 g/mol. The molecule has 2 atom stereocenters. The summed E-state index contributed by atoms with van der Waals surface area (Å²) in [5.41, 5.74) is 2.18. The maximum atomic E-state index is 12.7. The van der Waals surface area contributed by atoms with Gasteiger partial charge in [0.15, 0.2) is 6.10 Å². The number of anilines is 1. The summed E-state index contributed by atoms with van der Waals surface area (Å²) < 4.78 is 18.6. The van der Waals surface area contributed by atoms with Gasteiger partial charge < -0.3 is 19.5 Å². The number of nitrogens with one attached hydrogen (secondary N) is 1. The maximum Gasteiger partial charge on any atom is 0.306 e. The minimum absolute atomic E-state index is 0.0356. The number of carbonyl (C=O) groups is 1. The van der Waals surface area contributed by atoms with E-state index in [4.69, 9.17) is 14.2 Å². The van der Waals surface area contributed by atoms with E-state index < -0.39 is 17.8 Å². The highest BCUT2D eigenvalue weighted by atomic mass is 16.6. The van der Waals surface area contributed by atoms with Crippen LogP contribution in [0.3, 0.4) is 0 Å². The molecular weight excluding hydrogens is 402 g/mol. The Balaban J connectivity index is 1.88. The van der Waals surface area contributed by atoms with E-state index in [1.165, 1.54) is 5.56 Å². The van der Waals surface area contributed by atoms with Crippen molar-refractivity contribution in [2.24, 2.45) is 5.41 Å². The molecule has 1 heterocycles. The Kier molecular flexibility index (Phi) is 7.19. The van der Waals surface area contributed by atoms with Gasteiger partial charge in [0.2, 0.25) is 0 Å². The summed E-state index contributed by atoms with van der Waals surface area (Å²) in [5.74, 6) is 0.521. The third kappa shape index (κ3) is 6.26. The lowest BCUT2D eigenvalue weighted by Gasteiger charge is -2.44. The van der Waals surface area contributed by atoms with Crippen LogP contribution in [0, 0.1) is 5.41 Å². The number of esters is 1. The van der Waals surface area contributed by atoms with E-state index in [-0.39, 0.29) is 17.5 Å². The summed E-state index contributed by atoms with van der Waals surface area (Å²) in [6.07, 6.45) is -0.682. The Labute approximate surface area is 192 Å². The third-order valence-corrected chi connectivity index (χ3v) is 5.34. The number of fused-ring (bicyclic) bond motifs is 1. The second-order valence-corrected chi connectivity index (χ2v) is 10.6. The highest BCUT2D eigenvalue weighted by Gasteiger charge is 2.48. The maximum absolute atomic E-state index is 12.7. The van der Waals surface area contributed by atoms with Gasteiger partial charge >= 0.3 is 5.97 Å². The van der Waals surface area contributed by atoms with Gasteiger partial charge in [-0.3, -0.25) is 4.79 Å². The molecule has 1 aliphatic heterocycles. The molecule has 2 aromatic rings. The second kappa shape index (κ2) is 9.53. The van der Waals surface area contributed by atoms with Gasteiger partial charge in [0, 0.05) is 17.8 Å². The molecule has 0 aliphatic carbocycles. The number of hydrogen-bond donors (Lipinski definition) is 1. The fraction of sp³-hybridized carbons (Fsp3) is 0.519. The average Bonchev–Trinajstić information content (AvgIpc) is 2.68. The first-order valence-electron chi connectivity index (χ1n) is 11.4. The topological polar surface area (TPSA) is 56.8 Å². The van der Waals surface area contributed by atoms with E-state index in [0.717, 1.165) is 17.0 Å². The lowest BCUT2D eigenvalue weighted by atomic mass is 9.87. The van der Waals surface area contributed by atoms with Crippen LogP contribution in [0.15, 0.2) is 48.5 Å². The number of ether oxygens (including phenoxy) is 3. The van der Waals surface area contributed by atoms with Gasteiger partial charge in [-0.1, -0.05) is 51.1 Å². The minimum Gasteiger partial charge on any atom is -0.483 e. The number of hydrogen-bond acceptors (Lipinski definition) is 5. The first-order valence-corrected chi connectivity index (χ1v) is 11.4. The van der Waals surface area contributed by atoms with Crippen LogP contribution >= 0.6 is 0 Å². The largest absolute Gasteiger partial charge is 0.483 e. The lowest BCUT2D eigenvalue weighted by Crippen LogP contribution is -2.52. The molecule has 32 heavy (non-hydrogen) atoms. The highest BCUT2D eigenvalue weighted by molar-refractivity contribution is 5.70. The van der Waals surface area contributed by atoms with Crippen LogP contribution < -0.4 is 10.1 Å². The van der Waals surface area contributed by atoms with Crippen LogP contribution in [-0.4, -0.2) is 23.8 Å². The van der Waals surface area contributed by atoms with Gasteiger partial charge in [0.05, 0.1) is 12.5 Å². The molecule has 1 aliphatic rings. The van der Waals surface area contributed by atoms with Crippen LogP contribution in [0.4, 0.5) is 5.69 Å². The molecule has 0 saturated heterocycles. The third-order valence-electron chi connectivity index (χ3n) is 5.34. The molecular formula is C27H37NO4. The molecule has 0 amide bonds. The Morgan fingerprint density at radius 3 is 2.44 bits per heavy atom. The van der Waals surface area contributed by atoms with Gasteiger partial charge in [-0.05, 0) is 56.9 Å². The van der Waals surface area contributed by atoms with Crippen molar-refractivity contribution in [3.05, 3.63) is 59.7 Å². The molecule has 0 fully saturated rings. The molecule has 174 valence electrons. The van der Waals surface area contributed by atoms with Crippen LogP contribution in [0.1, 0.15) is 72.1 Å². The van der Waals surface area contributed by atoms with E-state index in [9.17, 15) is 4.79 Å². The predicted octanol–water partition coefficient (Wildman–Crippen LogP) is 6.28. The smallest absolute Gasteiger partial charge is 0.306 e. The molecule has 5 nitrogen and oxygen atoms in total. The van der Waals surface area contributed by atoms with E-state index >= 15 is 0 Å². The van der Waals surface area contributed by atoms with Crippen LogP contribution in [0.2, 0.25) is 0 Å². The zero-order valence-corrected chi connectivity index (χ0v) is 20.4. The molecule has 0 radical (unpaired) electrons. The standard InChI is InChI=1S/C27H37NO4/c1-18(2)30-24-21-15-20(28-17-19-11-9-8-10-12-19)13-14-22(21)32-27(6,7)25(24)31-23(29)16-26(3,4)5/h8-15,18,24-25,28H,16-17H2,1-7H3. The van der Waals surface area contributed by atoms with E-state index in [1.54, 1.807) is 0 Å². The quantitative estimate of drug-likeness (QED) is 0.514. The van der Waals surface area contributed by atoms with Gasteiger partial charge in [-0.15, -0.1) is 0 Å². The Bertz CT molecular complexity index is 915. The normalized spacial score (nSPS) is 19.8. The van der Waals surface area contributed by atoms with Crippen LogP contribution in [0.5, 0.6) is 5.75 Å². The first kappa shape index (κ1) is 24.1. The molecule has 1 N–H and O–H groups in total. The van der Waals surface area contributed by atoms with Crippen molar-refractivity contribution in [1.29, 1.82) is 0 Å². The van der Waals surface area contributed by atoms with Gasteiger partial charge in [-0.25, -0.2) is 0 Å². The molecule has 0 aromatic heterocycles. The van der Waals surface area contributed by atoms with E-state index in [0.29, 0.717) is 13.0 Å². The van der Waals surface area contributed by atoms with E-state index in [1.807, 2.05) is 84.9 Å². The molecule has 2 aromatic carbocycles. The molecule has 2 unspecified atom stereocenters. The van der Waals surface area contributed by atoms with Crippen molar-refractivity contribution in [3.8, 4) is 5.75 Å². The van der Waals surface area contributed by atoms with E-state index in [2.05, 4.69) is 17.4 Å². The fourth-order valence-corrected chi connectivity index (χ4v) is 3.90. The summed E-state index contributed by atoms with van der Waals surface area (Å²) in [5, 5.41) is 3.47. The lowest BCUT2D eigenvalue weighted by molar-refractivity contribution is -0.190. The van der Waals surface area contributed by atoms with Crippen molar-refractivity contribution in [2.75, 3.05) is 5.32 Å². The van der Waals surface area contributed by atoms with Gasteiger partial charge in [0.1, 0.15) is 17.5 Å². The number of carbonyl (C=O) groups excluding carboxylic acids is 1. The summed E-state index contributed by atoms with van der Waals surface area (Å²) >= 11 is 0. The number of rotatable bonds is 7. The molecule has 5 heteroatoms. The molecule has 0 spiro atoms. The average molecular weight is 440 g/mol. The van der Waals surface area contributed by atoms with Gasteiger partial charge in [-0.2, -0.15) is 0 Å². The van der Waals surface area contributed by atoms with Crippen LogP contribution in [0.25, 0.3) is 0 Å². The number of benzene rings is 2. The summed E-state index contributed by atoms with van der Waals surface area (Å²) in [6, 6.07) is 16.3. The zero-order chi connectivity index (χ0) is 23.5. The van der Waals surface area contributed by atoms with Crippen LogP contribution in [-0.2, 0) is 20.8 Å². The molecule has 0 bridgehead atoms. The Hall–Kier alpha value is -2.53. The summed E-state index contributed by atoms with van der Waals surface area (Å²) in [6.45, 7) is 14.7. The van der Waals surface area contributed by atoms with Crippen molar-refractivity contribution in [3.63, 3.8) is 0 Å². The fourth-order valence-electron chi connectivity index (χ4n) is 3.90. The summed E-state index contributed by atoms with van der Waals surface area (Å²) in [4.78, 5) is 12.7. The Morgan fingerprint density at radius 2 is 1.81 bits per heavy atom. The zero-order valence-electron chi connectivity index (χ0n) is 20.4. The summed E-state index contributed by atoms with van der Waals surface area (Å²) in [7, 11) is 0. The second-order valence-electron chi connectivity index (χ2n) is 10.6. The van der Waals surface area contributed by atoms with Crippen molar-refractivity contribution < 1.29 is 19.0 Å². The van der Waals surface area contributed by atoms with Crippen molar-refractivity contribution >= 4 is 11.7 Å².